The molecule has 0 aliphatic heterocycles. The van der Waals surface area contributed by atoms with Crippen LogP contribution in [0.5, 0.6) is 0 Å². The number of aromatic nitrogens is 2. The highest BCUT2D eigenvalue weighted by Crippen LogP contribution is 2.23. The Morgan fingerprint density at radius 2 is 1.67 bits per heavy atom. The van der Waals surface area contributed by atoms with Gasteiger partial charge in [0, 0.05) is 11.9 Å². The van der Waals surface area contributed by atoms with Crippen molar-refractivity contribution in [2.24, 2.45) is 0 Å². The lowest BCUT2D eigenvalue weighted by molar-refractivity contribution is -0.145. The van der Waals surface area contributed by atoms with Crippen molar-refractivity contribution in [3.05, 3.63) is 18.2 Å². The van der Waals surface area contributed by atoms with Crippen LogP contribution in [0.4, 0.5) is 26.3 Å². The Hall–Kier alpha value is -1.21. The van der Waals surface area contributed by atoms with Gasteiger partial charge in [-0.25, -0.2) is 4.98 Å². The van der Waals surface area contributed by atoms with E-state index in [1.54, 1.807) is 0 Å². The Morgan fingerprint density at radius 1 is 1.07 bits per heavy atom. The van der Waals surface area contributed by atoms with Crippen molar-refractivity contribution in [1.82, 2.24) is 9.55 Å². The predicted octanol–water partition coefficient (Wildman–Crippen LogP) is 2.55. The highest BCUT2D eigenvalue weighted by atomic mass is 19.4. The molecule has 1 heterocycles. The fourth-order valence-electron chi connectivity index (χ4n) is 1.04. The smallest absolute Gasteiger partial charge is 0.325 e. The lowest BCUT2D eigenvalue weighted by Crippen LogP contribution is -2.21. The van der Waals surface area contributed by atoms with Crippen LogP contribution in [-0.2, 0) is 13.0 Å². The topological polar surface area (TPSA) is 17.8 Å². The molecule has 0 amide bonds. The number of imidazole rings is 1. The summed E-state index contributed by atoms with van der Waals surface area (Å²) in [5, 5.41) is 0. The van der Waals surface area contributed by atoms with E-state index in [1.807, 2.05) is 0 Å². The third kappa shape index (κ3) is 4.22. The fourth-order valence-corrected chi connectivity index (χ4v) is 1.04. The maximum Gasteiger partial charge on any atom is 0.406 e. The largest absolute Gasteiger partial charge is 0.406 e. The highest BCUT2D eigenvalue weighted by molar-refractivity contribution is 5.00. The van der Waals surface area contributed by atoms with Gasteiger partial charge in [0.1, 0.15) is 6.54 Å². The molecule has 0 aliphatic rings. The van der Waals surface area contributed by atoms with E-state index < -0.39 is 31.0 Å². The lowest BCUT2D eigenvalue weighted by atomic mass is 10.3. The summed E-state index contributed by atoms with van der Waals surface area (Å²) in [5.41, 5.74) is -0.500. The van der Waals surface area contributed by atoms with E-state index in [9.17, 15) is 26.3 Å². The first-order chi connectivity index (χ1) is 6.67. The molecule has 86 valence electrons. The summed E-state index contributed by atoms with van der Waals surface area (Å²) in [6.45, 7) is -1.46. The molecule has 0 aromatic carbocycles. The van der Waals surface area contributed by atoms with Gasteiger partial charge in [0.05, 0.1) is 12.7 Å². The van der Waals surface area contributed by atoms with Gasteiger partial charge in [-0.2, -0.15) is 26.3 Å². The van der Waals surface area contributed by atoms with Crippen LogP contribution in [0, 0.1) is 0 Å². The van der Waals surface area contributed by atoms with Crippen molar-refractivity contribution < 1.29 is 26.3 Å². The van der Waals surface area contributed by atoms with Crippen LogP contribution in [0.1, 0.15) is 5.69 Å². The molecular weight excluding hydrogens is 226 g/mol. The fraction of sp³-hybridized carbons (Fsp3) is 0.571. The van der Waals surface area contributed by atoms with E-state index in [0.29, 0.717) is 4.57 Å². The van der Waals surface area contributed by atoms with E-state index in [0.717, 1.165) is 12.5 Å². The van der Waals surface area contributed by atoms with E-state index in [-0.39, 0.29) is 0 Å². The summed E-state index contributed by atoms with van der Waals surface area (Å²) in [5.74, 6) is 0. The Kier molecular flexibility index (Phi) is 2.96. The van der Waals surface area contributed by atoms with Crippen molar-refractivity contribution in [2.75, 3.05) is 0 Å². The Bertz CT molecular complexity index is 292. The van der Waals surface area contributed by atoms with Crippen LogP contribution < -0.4 is 0 Å². The van der Waals surface area contributed by atoms with Crippen molar-refractivity contribution in [3.8, 4) is 0 Å². The number of alkyl halides is 6. The Balaban J connectivity index is 2.79. The van der Waals surface area contributed by atoms with Gasteiger partial charge >= 0.3 is 12.4 Å². The third-order valence-corrected chi connectivity index (χ3v) is 1.53. The molecule has 0 spiro atoms. The molecular formula is C7H6F6N2. The Morgan fingerprint density at radius 3 is 2.13 bits per heavy atom. The van der Waals surface area contributed by atoms with E-state index in [1.165, 1.54) is 0 Å². The van der Waals surface area contributed by atoms with E-state index in [2.05, 4.69) is 4.98 Å². The summed E-state index contributed by atoms with van der Waals surface area (Å²) < 4.78 is 71.9. The minimum absolute atomic E-state index is 0.438. The van der Waals surface area contributed by atoms with Crippen molar-refractivity contribution in [2.45, 2.75) is 25.3 Å². The van der Waals surface area contributed by atoms with Crippen LogP contribution in [-0.4, -0.2) is 21.9 Å². The summed E-state index contributed by atoms with van der Waals surface area (Å²) in [6.07, 6.45) is -9.00. The second kappa shape index (κ2) is 3.74. The van der Waals surface area contributed by atoms with Crippen molar-refractivity contribution in [1.29, 1.82) is 0 Å². The van der Waals surface area contributed by atoms with Crippen molar-refractivity contribution >= 4 is 0 Å². The maximum atomic E-state index is 11.9. The average molecular weight is 232 g/mol. The SMILES string of the molecule is FC(F)(F)Cc1cncn1CC(F)(F)F. The first-order valence-corrected chi connectivity index (χ1v) is 3.80. The zero-order chi connectivity index (χ0) is 11.7. The lowest BCUT2D eigenvalue weighted by Gasteiger charge is -2.12. The van der Waals surface area contributed by atoms with E-state index >= 15 is 0 Å². The molecule has 0 atom stereocenters. The first kappa shape index (κ1) is 11.9. The molecule has 1 rings (SSSR count). The summed E-state index contributed by atoms with van der Waals surface area (Å²) in [4.78, 5) is 3.25. The number of nitrogens with zero attached hydrogens (tertiary/aromatic N) is 2. The average Bonchev–Trinajstić information content (AvgIpc) is 2.29. The van der Waals surface area contributed by atoms with Gasteiger partial charge in [-0.3, -0.25) is 0 Å². The van der Waals surface area contributed by atoms with Crippen molar-refractivity contribution in [3.63, 3.8) is 0 Å². The molecule has 1 aromatic heterocycles. The molecule has 0 fully saturated rings. The molecule has 0 aliphatic carbocycles. The molecule has 2 nitrogen and oxygen atoms in total. The maximum absolute atomic E-state index is 11.9. The minimum atomic E-state index is -4.55. The van der Waals surface area contributed by atoms with Gasteiger partial charge < -0.3 is 4.57 Å². The van der Waals surface area contributed by atoms with Crippen LogP contribution >= 0.6 is 0 Å². The number of hydrogen-bond acceptors (Lipinski definition) is 1. The molecule has 0 radical (unpaired) electrons. The molecule has 1 aromatic rings. The van der Waals surface area contributed by atoms with Gasteiger partial charge in [-0.05, 0) is 0 Å². The standard InChI is InChI=1S/C7H6F6N2/c8-6(9,10)1-5-2-14-4-15(5)3-7(11,12)13/h2,4H,1,3H2. The summed E-state index contributed by atoms with van der Waals surface area (Å²) in [6, 6.07) is 0. The highest BCUT2D eigenvalue weighted by Gasteiger charge is 2.33. The predicted molar refractivity (Wildman–Crippen MR) is 38.0 cm³/mol. The van der Waals surface area contributed by atoms with Gasteiger partial charge in [-0.1, -0.05) is 0 Å². The van der Waals surface area contributed by atoms with Crippen LogP contribution in [0.25, 0.3) is 0 Å². The van der Waals surface area contributed by atoms with Crippen LogP contribution in [0.15, 0.2) is 12.5 Å². The quantitative estimate of drug-likeness (QED) is 0.716. The molecule has 0 saturated carbocycles. The summed E-state index contributed by atoms with van der Waals surface area (Å²) >= 11 is 0. The minimum Gasteiger partial charge on any atom is -0.325 e. The molecule has 0 unspecified atom stereocenters. The van der Waals surface area contributed by atoms with Gasteiger partial charge in [0.15, 0.2) is 0 Å². The van der Waals surface area contributed by atoms with Crippen LogP contribution in [0.3, 0.4) is 0 Å². The van der Waals surface area contributed by atoms with Gasteiger partial charge in [0.2, 0.25) is 0 Å². The third-order valence-electron chi connectivity index (χ3n) is 1.53. The Labute approximate surface area is 80.5 Å². The number of halogens is 6. The zero-order valence-electron chi connectivity index (χ0n) is 7.23. The number of rotatable bonds is 2. The second-order valence-corrected chi connectivity index (χ2v) is 2.92. The molecule has 15 heavy (non-hydrogen) atoms. The molecule has 8 heteroatoms. The van der Waals surface area contributed by atoms with E-state index in [4.69, 9.17) is 0 Å². The molecule has 0 N–H and O–H groups in total. The zero-order valence-corrected chi connectivity index (χ0v) is 7.23. The second-order valence-electron chi connectivity index (χ2n) is 2.92. The van der Waals surface area contributed by atoms with Gasteiger partial charge in [0.25, 0.3) is 0 Å². The van der Waals surface area contributed by atoms with Gasteiger partial charge in [-0.15, -0.1) is 0 Å². The normalized spacial score (nSPS) is 13.2. The monoisotopic (exact) mass is 232 g/mol. The first-order valence-electron chi connectivity index (χ1n) is 3.80. The number of hydrogen-bond donors (Lipinski definition) is 0. The van der Waals surface area contributed by atoms with Crippen LogP contribution in [0.2, 0.25) is 0 Å². The molecule has 0 saturated heterocycles. The summed E-state index contributed by atoms with van der Waals surface area (Å²) in [7, 11) is 0. The molecule has 0 bridgehead atoms.